The van der Waals surface area contributed by atoms with Crippen LogP contribution < -0.4 is 9.47 Å². The molecule has 4 rings (SSSR count). The maximum Gasteiger partial charge on any atom is 0.276 e. The Balaban J connectivity index is 1.53. The second kappa shape index (κ2) is 8.30. The fourth-order valence-electron chi connectivity index (χ4n) is 3.22. The molecule has 1 aliphatic rings. The number of carbonyl (C=O) groups excluding carboxylic acids is 1. The van der Waals surface area contributed by atoms with Crippen LogP contribution in [0.15, 0.2) is 48.8 Å². The average molecular weight is 393 g/mol. The third-order valence-electron chi connectivity index (χ3n) is 4.88. The molecule has 0 saturated heterocycles. The SMILES string of the molecule is COc1ccc(OC)c(CN(C(=O)c2cn(Cc3ccccn3)nn2)C2CC2)c1. The van der Waals surface area contributed by atoms with Crippen LogP contribution in [0, 0.1) is 0 Å². The van der Waals surface area contributed by atoms with Gasteiger partial charge in [-0.15, -0.1) is 5.10 Å². The number of hydrogen-bond acceptors (Lipinski definition) is 6. The molecule has 1 aliphatic carbocycles. The van der Waals surface area contributed by atoms with Crippen molar-refractivity contribution in [3.05, 3.63) is 65.7 Å². The summed E-state index contributed by atoms with van der Waals surface area (Å²) >= 11 is 0. The molecule has 0 spiro atoms. The molecule has 0 aliphatic heterocycles. The van der Waals surface area contributed by atoms with Gasteiger partial charge in [-0.2, -0.15) is 0 Å². The quantitative estimate of drug-likeness (QED) is 0.585. The Morgan fingerprint density at radius 1 is 1.21 bits per heavy atom. The van der Waals surface area contributed by atoms with Gasteiger partial charge < -0.3 is 14.4 Å². The maximum absolute atomic E-state index is 13.2. The van der Waals surface area contributed by atoms with Crippen LogP contribution in [0.1, 0.15) is 34.6 Å². The molecule has 0 N–H and O–H groups in total. The van der Waals surface area contributed by atoms with Crippen LogP contribution in [0.25, 0.3) is 0 Å². The zero-order valence-electron chi connectivity index (χ0n) is 16.5. The van der Waals surface area contributed by atoms with E-state index < -0.39 is 0 Å². The minimum atomic E-state index is -0.135. The van der Waals surface area contributed by atoms with E-state index >= 15 is 0 Å². The van der Waals surface area contributed by atoms with E-state index in [0.717, 1.165) is 35.6 Å². The third kappa shape index (κ3) is 4.37. The summed E-state index contributed by atoms with van der Waals surface area (Å²) in [5, 5.41) is 8.20. The van der Waals surface area contributed by atoms with Crippen molar-refractivity contribution in [1.29, 1.82) is 0 Å². The Bertz CT molecular complexity index is 985. The molecule has 3 aromatic rings. The summed E-state index contributed by atoms with van der Waals surface area (Å²) in [4.78, 5) is 19.3. The topological polar surface area (TPSA) is 82.4 Å². The van der Waals surface area contributed by atoms with Crippen molar-refractivity contribution < 1.29 is 14.3 Å². The lowest BCUT2D eigenvalue weighted by atomic mass is 10.1. The molecule has 0 bridgehead atoms. The van der Waals surface area contributed by atoms with Gasteiger partial charge in [-0.3, -0.25) is 9.78 Å². The van der Waals surface area contributed by atoms with Crippen molar-refractivity contribution in [3.63, 3.8) is 0 Å². The normalized spacial score (nSPS) is 13.2. The van der Waals surface area contributed by atoms with Gasteiger partial charge in [0.05, 0.1) is 39.2 Å². The first-order valence-electron chi connectivity index (χ1n) is 9.50. The van der Waals surface area contributed by atoms with Crippen molar-refractivity contribution in [3.8, 4) is 11.5 Å². The van der Waals surface area contributed by atoms with Crippen molar-refractivity contribution in [2.45, 2.75) is 32.0 Å². The standard InChI is InChI=1S/C21H23N5O3/c1-28-18-8-9-20(29-2)15(11-18)12-26(17-6-7-17)21(27)19-14-25(24-23-19)13-16-5-3-4-10-22-16/h3-5,8-11,14,17H,6-7,12-13H2,1-2H3. The summed E-state index contributed by atoms with van der Waals surface area (Å²) in [6.45, 7) is 0.894. The van der Waals surface area contributed by atoms with Gasteiger partial charge in [0.1, 0.15) is 11.5 Å². The minimum absolute atomic E-state index is 0.135. The fourth-order valence-corrected chi connectivity index (χ4v) is 3.22. The van der Waals surface area contributed by atoms with Gasteiger partial charge in [0.2, 0.25) is 0 Å². The number of pyridine rings is 1. The number of methoxy groups -OCH3 is 2. The van der Waals surface area contributed by atoms with E-state index in [9.17, 15) is 4.79 Å². The Morgan fingerprint density at radius 2 is 2.07 bits per heavy atom. The molecule has 2 heterocycles. The van der Waals surface area contributed by atoms with E-state index in [2.05, 4.69) is 15.3 Å². The lowest BCUT2D eigenvalue weighted by molar-refractivity contribution is 0.0722. The number of rotatable bonds is 8. The number of amides is 1. The number of aromatic nitrogens is 4. The van der Waals surface area contributed by atoms with Crippen LogP contribution in [0.2, 0.25) is 0 Å². The van der Waals surface area contributed by atoms with E-state index in [1.165, 1.54) is 0 Å². The minimum Gasteiger partial charge on any atom is -0.497 e. The maximum atomic E-state index is 13.2. The average Bonchev–Trinajstić information content (AvgIpc) is 3.50. The highest BCUT2D eigenvalue weighted by atomic mass is 16.5. The molecule has 8 nitrogen and oxygen atoms in total. The number of nitrogens with zero attached hydrogens (tertiary/aromatic N) is 5. The van der Waals surface area contributed by atoms with Gasteiger partial charge >= 0.3 is 0 Å². The Morgan fingerprint density at radius 3 is 2.76 bits per heavy atom. The smallest absolute Gasteiger partial charge is 0.276 e. The molecule has 0 unspecified atom stereocenters. The van der Waals surface area contributed by atoms with Gasteiger partial charge in [0.25, 0.3) is 5.91 Å². The number of hydrogen-bond donors (Lipinski definition) is 0. The van der Waals surface area contributed by atoms with Crippen LogP contribution in [0.4, 0.5) is 0 Å². The Labute approximate surface area is 169 Å². The summed E-state index contributed by atoms with van der Waals surface area (Å²) in [6.07, 6.45) is 5.38. The molecule has 150 valence electrons. The predicted molar refractivity (Wildman–Crippen MR) is 106 cm³/mol. The Hall–Kier alpha value is -3.42. The number of ether oxygens (including phenoxy) is 2. The number of carbonyl (C=O) groups is 1. The molecule has 0 radical (unpaired) electrons. The summed E-state index contributed by atoms with van der Waals surface area (Å²) in [5.41, 5.74) is 2.08. The summed E-state index contributed by atoms with van der Waals surface area (Å²) in [5.74, 6) is 1.32. The molecule has 8 heteroatoms. The molecule has 2 aromatic heterocycles. The lowest BCUT2D eigenvalue weighted by Gasteiger charge is -2.23. The second-order valence-electron chi connectivity index (χ2n) is 6.96. The van der Waals surface area contributed by atoms with E-state index in [1.807, 2.05) is 41.3 Å². The van der Waals surface area contributed by atoms with Gasteiger partial charge in [0, 0.05) is 17.8 Å². The summed E-state index contributed by atoms with van der Waals surface area (Å²) < 4.78 is 12.4. The molecule has 1 saturated carbocycles. The zero-order chi connectivity index (χ0) is 20.2. The summed E-state index contributed by atoms with van der Waals surface area (Å²) in [6, 6.07) is 11.5. The van der Waals surface area contributed by atoms with E-state index in [-0.39, 0.29) is 11.9 Å². The zero-order valence-corrected chi connectivity index (χ0v) is 16.5. The van der Waals surface area contributed by atoms with Gasteiger partial charge in [-0.1, -0.05) is 11.3 Å². The van der Waals surface area contributed by atoms with Crippen LogP contribution in [0.3, 0.4) is 0 Å². The molecule has 0 atom stereocenters. The molecular weight excluding hydrogens is 370 g/mol. The second-order valence-corrected chi connectivity index (χ2v) is 6.96. The predicted octanol–water partition coefficient (Wildman–Crippen LogP) is 2.54. The van der Waals surface area contributed by atoms with Gasteiger partial charge in [0.15, 0.2) is 5.69 Å². The van der Waals surface area contributed by atoms with Crippen molar-refractivity contribution in [2.24, 2.45) is 0 Å². The summed E-state index contributed by atoms with van der Waals surface area (Å²) in [7, 11) is 3.24. The van der Waals surface area contributed by atoms with Gasteiger partial charge in [-0.05, 0) is 43.2 Å². The van der Waals surface area contributed by atoms with Crippen LogP contribution in [0.5, 0.6) is 11.5 Å². The third-order valence-corrected chi connectivity index (χ3v) is 4.88. The first-order valence-corrected chi connectivity index (χ1v) is 9.50. The Kier molecular flexibility index (Phi) is 5.41. The van der Waals surface area contributed by atoms with Crippen molar-refractivity contribution in [1.82, 2.24) is 24.9 Å². The van der Waals surface area contributed by atoms with Crippen LogP contribution >= 0.6 is 0 Å². The molecule has 1 aromatic carbocycles. The van der Waals surface area contributed by atoms with Gasteiger partial charge in [-0.25, -0.2) is 4.68 Å². The van der Waals surface area contributed by atoms with E-state index in [1.54, 1.807) is 31.3 Å². The first-order chi connectivity index (χ1) is 14.2. The highest BCUT2D eigenvalue weighted by Crippen LogP contribution is 2.32. The largest absolute Gasteiger partial charge is 0.497 e. The molecule has 1 fully saturated rings. The van der Waals surface area contributed by atoms with E-state index in [0.29, 0.717) is 18.8 Å². The molecular formula is C21H23N5O3. The van der Waals surface area contributed by atoms with Crippen LogP contribution in [-0.2, 0) is 13.1 Å². The van der Waals surface area contributed by atoms with E-state index in [4.69, 9.17) is 9.47 Å². The van der Waals surface area contributed by atoms with Crippen molar-refractivity contribution >= 4 is 5.91 Å². The molecule has 1 amide bonds. The lowest BCUT2D eigenvalue weighted by Crippen LogP contribution is -2.33. The first kappa shape index (κ1) is 18.9. The number of benzene rings is 1. The van der Waals surface area contributed by atoms with Crippen molar-refractivity contribution in [2.75, 3.05) is 14.2 Å². The molecule has 29 heavy (non-hydrogen) atoms. The highest BCUT2D eigenvalue weighted by Gasteiger charge is 2.34. The highest BCUT2D eigenvalue weighted by molar-refractivity contribution is 5.92. The monoisotopic (exact) mass is 393 g/mol. The fraction of sp³-hybridized carbons (Fsp3) is 0.333. The van der Waals surface area contributed by atoms with Crippen LogP contribution in [-0.4, -0.2) is 51.0 Å².